The molecule has 0 atom stereocenters. The van der Waals surface area contributed by atoms with Crippen molar-refractivity contribution in [2.24, 2.45) is 0 Å². The van der Waals surface area contributed by atoms with Gasteiger partial charge in [0.25, 0.3) is 0 Å². The molecule has 1 heterocycles. The molecule has 7 heteroatoms. The zero-order chi connectivity index (χ0) is 15.6. The molecule has 1 N–H and O–H groups in total. The van der Waals surface area contributed by atoms with Gasteiger partial charge in [0.2, 0.25) is 0 Å². The van der Waals surface area contributed by atoms with Crippen molar-refractivity contribution in [3.05, 3.63) is 40.5 Å². The summed E-state index contributed by atoms with van der Waals surface area (Å²) in [7, 11) is 0. The number of hydrogen-bond acceptors (Lipinski definition) is 3. The zero-order valence-electron chi connectivity index (χ0n) is 11.1. The average molecular weight is 315 g/mol. The van der Waals surface area contributed by atoms with E-state index in [1.807, 2.05) is 6.92 Å². The van der Waals surface area contributed by atoms with Crippen LogP contribution in [0.3, 0.4) is 0 Å². The average Bonchev–Trinajstić information content (AvgIpc) is 2.83. The van der Waals surface area contributed by atoms with Gasteiger partial charge in [-0.25, -0.2) is 9.78 Å². The predicted molar refractivity (Wildman–Crippen MR) is 73.5 cm³/mol. The van der Waals surface area contributed by atoms with E-state index >= 15 is 0 Å². The van der Waals surface area contributed by atoms with Crippen LogP contribution in [0.5, 0.6) is 0 Å². The van der Waals surface area contributed by atoms with E-state index in [-0.39, 0.29) is 16.1 Å². The lowest BCUT2D eigenvalue weighted by molar-refractivity contribution is -0.137. The van der Waals surface area contributed by atoms with Crippen molar-refractivity contribution >= 4 is 17.3 Å². The monoisotopic (exact) mass is 315 g/mol. The summed E-state index contributed by atoms with van der Waals surface area (Å²) in [5.41, 5.74) is -0.772. The molecule has 0 radical (unpaired) electrons. The first-order chi connectivity index (χ1) is 9.82. The van der Waals surface area contributed by atoms with Gasteiger partial charge in [0, 0.05) is 0 Å². The third kappa shape index (κ3) is 3.41. The van der Waals surface area contributed by atoms with Gasteiger partial charge in [-0.05, 0) is 30.5 Å². The van der Waals surface area contributed by atoms with Crippen molar-refractivity contribution in [1.82, 2.24) is 4.98 Å². The van der Waals surface area contributed by atoms with Gasteiger partial charge in [0.05, 0.1) is 15.4 Å². The highest BCUT2D eigenvalue weighted by Crippen LogP contribution is 2.35. The number of carbonyl (C=O) groups is 1. The molecule has 0 aliphatic carbocycles. The Morgan fingerprint density at radius 2 is 2.10 bits per heavy atom. The molecule has 0 saturated carbocycles. The van der Waals surface area contributed by atoms with E-state index in [1.165, 1.54) is 12.1 Å². The van der Waals surface area contributed by atoms with Crippen molar-refractivity contribution in [2.45, 2.75) is 25.9 Å². The third-order valence-corrected chi connectivity index (χ3v) is 3.95. The fourth-order valence-corrected chi connectivity index (χ4v) is 3.02. The van der Waals surface area contributed by atoms with Crippen LogP contribution in [-0.2, 0) is 12.6 Å². The largest absolute Gasteiger partial charge is 0.476 e. The van der Waals surface area contributed by atoms with Gasteiger partial charge in [-0.15, -0.1) is 11.3 Å². The number of carboxylic acids is 1. The number of aromatic nitrogens is 1. The maximum atomic E-state index is 12.7. The molecule has 0 saturated heterocycles. The molecule has 21 heavy (non-hydrogen) atoms. The van der Waals surface area contributed by atoms with Crippen LogP contribution < -0.4 is 0 Å². The van der Waals surface area contributed by atoms with E-state index in [4.69, 9.17) is 5.11 Å². The molecule has 0 fully saturated rings. The van der Waals surface area contributed by atoms with Gasteiger partial charge in [-0.2, -0.15) is 13.2 Å². The molecule has 0 spiro atoms. The summed E-state index contributed by atoms with van der Waals surface area (Å²) in [6, 6.07) is 4.64. The molecular weight excluding hydrogens is 303 g/mol. The van der Waals surface area contributed by atoms with Crippen molar-refractivity contribution in [3.8, 4) is 10.4 Å². The molecule has 0 amide bonds. The molecule has 0 unspecified atom stereocenters. The Labute approximate surface area is 123 Å². The number of aromatic carboxylic acids is 1. The number of hydrogen-bond donors (Lipinski definition) is 1. The lowest BCUT2D eigenvalue weighted by Gasteiger charge is -2.07. The highest BCUT2D eigenvalue weighted by molar-refractivity contribution is 7.15. The second-order valence-electron chi connectivity index (χ2n) is 4.42. The van der Waals surface area contributed by atoms with Crippen LogP contribution in [-0.4, -0.2) is 16.1 Å². The summed E-state index contributed by atoms with van der Waals surface area (Å²) >= 11 is 1.13. The maximum Gasteiger partial charge on any atom is 0.416 e. The highest BCUT2D eigenvalue weighted by atomic mass is 32.1. The summed E-state index contributed by atoms with van der Waals surface area (Å²) in [5, 5.41) is 9.77. The second kappa shape index (κ2) is 5.85. The number of rotatable bonds is 4. The van der Waals surface area contributed by atoms with Crippen molar-refractivity contribution in [1.29, 1.82) is 0 Å². The van der Waals surface area contributed by atoms with Crippen LogP contribution in [0.1, 0.15) is 34.4 Å². The van der Waals surface area contributed by atoms with Crippen LogP contribution in [0, 0.1) is 0 Å². The Bertz CT molecular complexity index is 664. The Hall–Kier alpha value is -1.89. The van der Waals surface area contributed by atoms with Gasteiger partial charge in [0.1, 0.15) is 0 Å². The van der Waals surface area contributed by atoms with E-state index < -0.39 is 17.7 Å². The van der Waals surface area contributed by atoms with Gasteiger partial charge < -0.3 is 5.11 Å². The molecular formula is C14H12F3NO2S. The minimum absolute atomic E-state index is 0.192. The first-order valence-corrected chi connectivity index (χ1v) is 7.05. The first kappa shape index (κ1) is 15.5. The van der Waals surface area contributed by atoms with Crippen LogP contribution in [0.4, 0.5) is 13.2 Å². The number of aryl methyl sites for hydroxylation is 1. The maximum absolute atomic E-state index is 12.7. The molecule has 112 valence electrons. The molecule has 0 aliphatic heterocycles. The van der Waals surface area contributed by atoms with Gasteiger partial charge in [0.15, 0.2) is 5.69 Å². The minimum Gasteiger partial charge on any atom is -0.476 e. The number of halogens is 3. The number of carboxylic acid groups (broad SMARTS) is 1. The number of nitrogens with zero attached hydrogens (tertiary/aromatic N) is 1. The first-order valence-electron chi connectivity index (χ1n) is 6.23. The van der Waals surface area contributed by atoms with E-state index in [0.29, 0.717) is 11.4 Å². The number of thiazole rings is 1. The lowest BCUT2D eigenvalue weighted by Crippen LogP contribution is -2.05. The molecule has 1 aromatic heterocycles. The molecule has 1 aromatic carbocycles. The summed E-state index contributed by atoms with van der Waals surface area (Å²) in [4.78, 5) is 15.5. The summed E-state index contributed by atoms with van der Waals surface area (Å²) < 4.78 is 38.2. The predicted octanol–water partition coefficient (Wildman–Crippen LogP) is 4.48. The Balaban J connectivity index is 2.53. The van der Waals surface area contributed by atoms with Crippen molar-refractivity contribution in [3.63, 3.8) is 0 Å². The van der Waals surface area contributed by atoms with Gasteiger partial charge in [-0.3, -0.25) is 0 Å². The molecule has 0 aliphatic rings. The third-order valence-electron chi connectivity index (χ3n) is 2.79. The van der Waals surface area contributed by atoms with Crippen LogP contribution >= 0.6 is 11.3 Å². The topological polar surface area (TPSA) is 50.2 Å². The second-order valence-corrected chi connectivity index (χ2v) is 5.50. The molecule has 3 nitrogen and oxygen atoms in total. The standard InChI is InChI=1S/C14H12F3NO2S/c1-2-4-10-18-11(13(19)20)12(21-10)8-5-3-6-9(7-8)14(15,16)17/h3,5-7H,2,4H2,1H3,(H,19,20). The Morgan fingerprint density at radius 1 is 1.38 bits per heavy atom. The van der Waals surface area contributed by atoms with Crippen LogP contribution in [0.25, 0.3) is 10.4 Å². The fraction of sp³-hybridized carbons (Fsp3) is 0.286. The number of alkyl halides is 3. The summed E-state index contributed by atoms with van der Waals surface area (Å²) in [5.74, 6) is -1.24. The SMILES string of the molecule is CCCc1nc(C(=O)O)c(-c2cccc(C(F)(F)F)c2)s1. The highest BCUT2D eigenvalue weighted by Gasteiger charge is 2.31. The quantitative estimate of drug-likeness (QED) is 0.905. The molecule has 2 rings (SSSR count). The fourth-order valence-electron chi connectivity index (χ4n) is 1.86. The van der Waals surface area contributed by atoms with E-state index in [1.54, 1.807) is 0 Å². The lowest BCUT2D eigenvalue weighted by atomic mass is 10.1. The van der Waals surface area contributed by atoms with Crippen molar-refractivity contribution < 1.29 is 23.1 Å². The van der Waals surface area contributed by atoms with E-state index in [9.17, 15) is 18.0 Å². The smallest absolute Gasteiger partial charge is 0.416 e. The Kier molecular flexibility index (Phi) is 4.32. The summed E-state index contributed by atoms with van der Waals surface area (Å²) in [6.45, 7) is 1.92. The molecule has 2 aromatic rings. The van der Waals surface area contributed by atoms with Crippen LogP contribution in [0.2, 0.25) is 0 Å². The van der Waals surface area contributed by atoms with E-state index in [2.05, 4.69) is 4.98 Å². The summed E-state index contributed by atoms with van der Waals surface area (Å²) in [6.07, 6.45) is -3.07. The zero-order valence-corrected chi connectivity index (χ0v) is 11.9. The van der Waals surface area contributed by atoms with E-state index in [0.717, 1.165) is 29.9 Å². The number of benzene rings is 1. The van der Waals surface area contributed by atoms with Gasteiger partial charge >= 0.3 is 12.1 Å². The van der Waals surface area contributed by atoms with Crippen molar-refractivity contribution in [2.75, 3.05) is 0 Å². The molecule has 0 bridgehead atoms. The van der Waals surface area contributed by atoms with Gasteiger partial charge in [-0.1, -0.05) is 19.1 Å². The van der Waals surface area contributed by atoms with Crippen LogP contribution in [0.15, 0.2) is 24.3 Å². The normalized spacial score (nSPS) is 11.6. The minimum atomic E-state index is -4.46. The Morgan fingerprint density at radius 3 is 2.67 bits per heavy atom.